The molecular formula is C26H31F2N3O3. The van der Waals surface area contributed by atoms with E-state index in [0.717, 1.165) is 18.5 Å². The average Bonchev–Trinajstić information content (AvgIpc) is 3.25. The third-order valence-corrected chi connectivity index (χ3v) is 6.65. The molecule has 2 heterocycles. The first kappa shape index (κ1) is 24.1. The van der Waals surface area contributed by atoms with Gasteiger partial charge in [-0.25, -0.2) is 8.78 Å². The third-order valence-electron chi connectivity index (χ3n) is 6.65. The summed E-state index contributed by atoms with van der Waals surface area (Å²) in [5.74, 6) is -0.918. The van der Waals surface area contributed by atoms with E-state index >= 15 is 0 Å². The summed E-state index contributed by atoms with van der Waals surface area (Å²) in [5.41, 5.74) is 0.702. The van der Waals surface area contributed by atoms with Crippen LogP contribution in [0.5, 0.6) is 5.75 Å². The number of carbonyl (C=O) groups is 2. The third kappa shape index (κ3) is 5.06. The number of ether oxygens (including phenoxy) is 1. The second kappa shape index (κ2) is 10.5. The highest BCUT2D eigenvalue weighted by Crippen LogP contribution is 2.45. The molecule has 182 valence electrons. The predicted octanol–water partition coefficient (Wildman–Crippen LogP) is 3.51. The van der Waals surface area contributed by atoms with Gasteiger partial charge in [0, 0.05) is 31.3 Å². The van der Waals surface area contributed by atoms with Crippen LogP contribution in [0.2, 0.25) is 0 Å². The van der Waals surface area contributed by atoms with Crippen LogP contribution in [0.15, 0.2) is 42.5 Å². The van der Waals surface area contributed by atoms with Crippen molar-refractivity contribution in [3.63, 3.8) is 0 Å². The van der Waals surface area contributed by atoms with Gasteiger partial charge in [0.25, 0.3) is 11.8 Å². The Kier molecular flexibility index (Phi) is 7.46. The SMILES string of the molecule is CNC(=O)c1cc(C(=O)NCCC[C@]2(F)CCCNC2)cc2c1O[C@H](CF)[C@H]2c1ccccc1. The summed E-state index contributed by atoms with van der Waals surface area (Å²) < 4.78 is 34.6. The van der Waals surface area contributed by atoms with Crippen LogP contribution in [-0.2, 0) is 0 Å². The van der Waals surface area contributed by atoms with Crippen LogP contribution >= 0.6 is 0 Å². The van der Waals surface area contributed by atoms with Crippen molar-refractivity contribution in [3.05, 3.63) is 64.7 Å². The molecule has 34 heavy (non-hydrogen) atoms. The lowest BCUT2D eigenvalue weighted by molar-refractivity contribution is 0.0929. The fourth-order valence-electron chi connectivity index (χ4n) is 4.90. The van der Waals surface area contributed by atoms with Gasteiger partial charge in [0.05, 0.1) is 11.5 Å². The van der Waals surface area contributed by atoms with Crippen LogP contribution in [0, 0.1) is 0 Å². The van der Waals surface area contributed by atoms with Crippen molar-refractivity contribution in [2.45, 2.75) is 43.4 Å². The van der Waals surface area contributed by atoms with Gasteiger partial charge in [-0.3, -0.25) is 9.59 Å². The normalized spacial score (nSPS) is 23.6. The summed E-state index contributed by atoms with van der Waals surface area (Å²) in [7, 11) is 1.49. The number of carbonyl (C=O) groups excluding carboxylic acids is 2. The molecule has 0 spiro atoms. The largest absolute Gasteiger partial charge is 0.486 e. The molecule has 2 aromatic carbocycles. The van der Waals surface area contributed by atoms with Gasteiger partial charge in [-0.2, -0.15) is 0 Å². The van der Waals surface area contributed by atoms with Crippen molar-refractivity contribution in [1.29, 1.82) is 0 Å². The molecule has 6 nitrogen and oxygen atoms in total. The van der Waals surface area contributed by atoms with E-state index < -0.39 is 30.3 Å². The highest BCUT2D eigenvalue weighted by molar-refractivity contribution is 6.02. The molecule has 8 heteroatoms. The Balaban J connectivity index is 1.55. The van der Waals surface area contributed by atoms with Gasteiger partial charge >= 0.3 is 0 Å². The lowest BCUT2D eigenvalue weighted by Crippen LogP contribution is -2.42. The monoisotopic (exact) mass is 471 g/mol. The van der Waals surface area contributed by atoms with Gasteiger partial charge in [0.2, 0.25) is 0 Å². The maximum Gasteiger partial charge on any atom is 0.254 e. The molecule has 2 aliphatic rings. The molecule has 1 saturated heterocycles. The van der Waals surface area contributed by atoms with E-state index in [2.05, 4.69) is 16.0 Å². The molecule has 2 amide bonds. The van der Waals surface area contributed by atoms with Crippen molar-refractivity contribution in [2.75, 3.05) is 33.4 Å². The quantitative estimate of drug-likeness (QED) is 0.515. The van der Waals surface area contributed by atoms with Crippen molar-refractivity contribution in [2.24, 2.45) is 0 Å². The number of nitrogens with one attached hydrogen (secondary N) is 3. The van der Waals surface area contributed by atoms with Gasteiger partial charge in [-0.1, -0.05) is 30.3 Å². The molecule has 0 bridgehead atoms. The summed E-state index contributed by atoms with van der Waals surface area (Å²) in [4.78, 5) is 25.6. The Hall–Kier alpha value is -3.00. The number of rotatable bonds is 8. The van der Waals surface area contributed by atoms with E-state index in [0.29, 0.717) is 43.7 Å². The second-order valence-corrected chi connectivity index (χ2v) is 9.01. The van der Waals surface area contributed by atoms with Gasteiger partial charge in [-0.05, 0) is 49.9 Å². The molecule has 0 aliphatic carbocycles. The number of amides is 2. The van der Waals surface area contributed by atoms with Crippen LogP contribution in [0.3, 0.4) is 0 Å². The molecule has 2 aromatic rings. The molecular weight excluding hydrogens is 440 g/mol. The maximum atomic E-state index is 14.8. The zero-order valence-electron chi connectivity index (χ0n) is 19.3. The Labute approximate surface area is 198 Å². The molecule has 3 atom stereocenters. The first-order valence-electron chi connectivity index (χ1n) is 11.8. The summed E-state index contributed by atoms with van der Waals surface area (Å²) >= 11 is 0. The van der Waals surface area contributed by atoms with E-state index in [1.807, 2.05) is 30.3 Å². The molecule has 4 rings (SSSR count). The van der Waals surface area contributed by atoms with Crippen LogP contribution in [0.4, 0.5) is 8.78 Å². The Morgan fingerprint density at radius 2 is 2.00 bits per heavy atom. The summed E-state index contributed by atoms with van der Waals surface area (Å²) in [5, 5.41) is 8.49. The topological polar surface area (TPSA) is 79.5 Å². The van der Waals surface area contributed by atoms with Gasteiger partial charge in [0.1, 0.15) is 24.2 Å². The Bertz CT molecular complexity index is 1030. The molecule has 2 aliphatic heterocycles. The highest BCUT2D eigenvalue weighted by atomic mass is 19.1. The van der Waals surface area contributed by atoms with Crippen LogP contribution < -0.4 is 20.7 Å². The fraction of sp³-hybridized carbons (Fsp3) is 0.462. The van der Waals surface area contributed by atoms with E-state index in [1.54, 1.807) is 6.07 Å². The van der Waals surface area contributed by atoms with E-state index in [9.17, 15) is 18.4 Å². The van der Waals surface area contributed by atoms with Gasteiger partial charge in [-0.15, -0.1) is 0 Å². The minimum Gasteiger partial charge on any atom is -0.486 e. The number of benzene rings is 2. The molecule has 0 aromatic heterocycles. The van der Waals surface area contributed by atoms with Crippen LogP contribution in [0.25, 0.3) is 0 Å². The zero-order valence-corrected chi connectivity index (χ0v) is 19.3. The minimum atomic E-state index is -1.23. The average molecular weight is 472 g/mol. The molecule has 3 N–H and O–H groups in total. The van der Waals surface area contributed by atoms with E-state index in [-0.39, 0.29) is 17.0 Å². The van der Waals surface area contributed by atoms with Crippen molar-refractivity contribution >= 4 is 11.8 Å². The standard InChI is InChI=1S/C26H31F2N3O3/c1-29-25(33)20-14-18(24(32)31-12-6-10-26(28)9-5-11-30-16-26)13-19-22(17-7-3-2-4-8-17)21(15-27)34-23(19)20/h2-4,7-8,13-14,21-22,30H,5-6,9-12,15-16H2,1H3,(H,29,33)(H,31,32)/t21-,22+,26-/m1/s1. The fourth-order valence-corrected chi connectivity index (χ4v) is 4.90. The van der Waals surface area contributed by atoms with Gasteiger partial charge in [0.15, 0.2) is 0 Å². The zero-order chi connectivity index (χ0) is 24.1. The number of piperidine rings is 1. The Morgan fingerprint density at radius 1 is 1.21 bits per heavy atom. The van der Waals surface area contributed by atoms with Crippen molar-refractivity contribution in [1.82, 2.24) is 16.0 Å². The lowest BCUT2D eigenvalue weighted by atomic mass is 9.86. The number of fused-ring (bicyclic) bond motifs is 1. The van der Waals surface area contributed by atoms with E-state index in [4.69, 9.17) is 4.74 Å². The van der Waals surface area contributed by atoms with Crippen molar-refractivity contribution < 1.29 is 23.1 Å². The van der Waals surface area contributed by atoms with Crippen molar-refractivity contribution in [3.8, 4) is 5.75 Å². The van der Waals surface area contributed by atoms with Crippen LogP contribution in [-0.4, -0.2) is 56.9 Å². The predicted molar refractivity (Wildman–Crippen MR) is 126 cm³/mol. The van der Waals surface area contributed by atoms with Crippen LogP contribution in [0.1, 0.15) is 63.4 Å². The summed E-state index contributed by atoms with van der Waals surface area (Å²) in [6, 6.07) is 12.5. The number of halogens is 2. The van der Waals surface area contributed by atoms with Gasteiger partial charge < -0.3 is 20.7 Å². The Morgan fingerprint density at radius 3 is 2.68 bits per heavy atom. The smallest absolute Gasteiger partial charge is 0.254 e. The summed E-state index contributed by atoms with van der Waals surface area (Å²) in [6.07, 6.45) is 1.44. The summed E-state index contributed by atoms with van der Waals surface area (Å²) in [6.45, 7) is 0.772. The molecule has 0 unspecified atom stereocenters. The molecule has 0 saturated carbocycles. The maximum absolute atomic E-state index is 14.8. The highest BCUT2D eigenvalue weighted by Gasteiger charge is 2.39. The first-order chi connectivity index (χ1) is 16.5. The minimum absolute atomic E-state index is 0.193. The number of hydrogen-bond acceptors (Lipinski definition) is 4. The molecule has 0 radical (unpaired) electrons. The second-order valence-electron chi connectivity index (χ2n) is 9.01. The number of hydrogen-bond donors (Lipinski definition) is 3. The number of alkyl halides is 2. The molecule has 1 fully saturated rings. The lowest BCUT2D eigenvalue weighted by Gasteiger charge is -2.30. The first-order valence-corrected chi connectivity index (χ1v) is 11.8. The van der Waals surface area contributed by atoms with E-state index in [1.165, 1.54) is 13.1 Å².